The highest BCUT2D eigenvalue weighted by atomic mass is 35.5. The van der Waals surface area contributed by atoms with E-state index < -0.39 is 47.3 Å². The van der Waals surface area contributed by atoms with Crippen LogP contribution >= 0.6 is 58.0 Å². The van der Waals surface area contributed by atoms with Gasteiger partial charge in [-0.1, -0.05) is 47.5 Å². The first-order chi connectivity index (χ1) is 30.2. The normalized spacial score (nSPS) is 12.1. The van der Waals surface area contributed by atoms with Gasteiger partial charge in [-0.25, -0.2) is 0 Å². The molecular formula is C44H37Cl5N8O6. The number of Topliss-reactive ketones (excluding diaryl/α,β-unsaturated/α-hetero) is 2. The van der Waals surface area contributed by atoms with Crippen molar-refractivity contribution in [3.05, 3.63) is 141 Å². The van der Waals surface area contributed by atoms with Gasteiger partial charge in [0.25, 0.3) is 23.6 Å². The van der Waals surface area contributed by atoms with Gasteiger partial charge >= 0.3 is 0 Å². The summed E-state index contributed by atoms with van der Waals surface area (Å²) in [4.78, 5) is 78.0. The number of hydrogen-bond donors (Lipinski definition) is 4. The van der Waals surface area contributed by atoms with E-state index in [2.05, 4.69) is 41.7 Å². The molecule has 0 spiro atoms. The monoisotopic (exact) mass is 948 g/mol. The second kappa shape index (κ2) is 22.9. The highest BCUT2D eigenvalue weighted by Gasteiger charge is 2.26. The molecule has 0 bridgehead atoms. The van der Waals surface area contributed by atoms with Crippen molar-refractivity contribution in [3.63, 3.8) is 0 Å². The molecule has 0 aliphatic heterocycles. The number of ketones is 2. The number of benzene rings is 5. The van der Waals surface area contributed by atoms with Crippen molar-refractivity contribution in [3.8, 4) is 0 Å². The summed E-state index contributed by atoms with van der Waals surface area (Å²) in [7, 11) is 0. The second-order valence-electron chi connectivity index (χ2n) is 13.6. The predicted octanol–water partition coefficient (Wildman–Crippen LogP) is 11.1. The lowest BCUT2D eigenvalue weighted by Gasteiger charge is -2.15. The number of aryl methyl sites for hydroxylation is 1. The minimum absolute atomic E-state index is 0.0389. The van der Waals surface area contributed by atoms with Gasteiger partial charge in [-0.15, -0.1) is 34.8 Å². The SMILES string of the molecule is CC(=O)C(N=Nc1cc(C(=O)Nc2ccc(CCl)cc2)ccc1Cl)C(=O)Nc1ccc(NC(=O)C(N=Nc2cc(C(=O)Nc3ccc(CCl)cc3)ccc2Cl)C(C)=O)c(CCCl)c1. The Morgan fingerprint density at radius 1 is 0.524 bits per heavy atom. The highest BCUT2D eigenvalue weighted by Crippen LogP contribution is 2.30. The molecule has 0 radical (unpaired) electrons. The van der Waals surface area contributed by atoms with Gasteiger partial charge in [0.2, 0.25) is 12.1 Å². The van der Waals surface area contributed by atoms with Crippen molar-refractivity contribution in [2.45, 2.75) is 44.1 Å². The molecule has 0 aliphatic rings. The molecule has 0 aromatic heterocycles. The maximum atomic E-state index is 13.5. The third-order valence-corrected chi connectivity index (χ3v) is 10.4. The fourth-order valence-corrected chi connectivity index (χ4v) is 6.48. The third kappa shape index (κ3) is 13.5. The molecule has 0 aliphatic carbocycles. The molecule has 5 aromatic carbocycles. The fraction of sp³-hybridized carbons (Fsp3) is 0.182. The standard InChI is InChI=1S/C44H37Cl5N8O6/c1-24(58)39(56-54-37-20-29(7-14-34(37)48)41(60)50-31-9-3-26(22-46)4-10-31)43(62)52-33-13-16-36(28(19-33)17-18-45)53-44(63)40(25(2)59)57-55-38-21-30(8-15-35(38)49)42(61)51-32-11-5-27(23-47)6-12-32/h3-16,19-21,39-40H,17-18,22-23H2,1-2H3,(H,50,60)(H,51,61)(H,52,62)(H,53,63). The molecule has 2 unspecified atom stereocenters. The van der Waals surface area contributed by atoms with Crippen LogP contribution in [0.5, 0.6) is 0 Å². The minimum Gasteiger partial charge on any atom is -0.324 e. The number of amides is 4. The lowest BCUT2D eigenvalue weighted by Crippen LogP contribution is -2.32. The Hall–Kier alpha value is -6.03. The Balaban J connectivity index is 1.27. The molecule has 5 aromatic rings. The Morgan fingerprint density at radius 2 is 0.952 bits per heavy atom. The molecule has 0 saturated carbocycles. The Labute approximate surface area is 386 Å². The smallest absolute Gasteiger partial charge is 0.258 e. The van der Waals surface area contributed by atoms with Gasteiger partial charge in [-0.05, 0) is 116 Å². The van der Waals surface area contributed by atoms with Crippen LogP contribution in [0.25, 0.3) is 0 Å². The molecule has 0 saturated heterocycles. The maximum absolute atomic E-state index is 13.5. The van der Waals surface area contributed by atoms with Crippen LogP contribution in [-0.4, -0.2) is 53.2 Å². The molecule has 63 heavy (non-hydrogen) atoms. The van der Waals surface area contributed by atoms with Crippen molar-refractivity contribution < 1.29 is 28.8 Å². The van der Waals surface area contributed by atoms with E-state index in [4.69, 9.17) is 58.0 Å². The number of hydrogen-bond acceptors (Lipinski definition) is 10. The van der Waals surface area contributed by atoms with Gasteiger partial charge in [-0.2, -0.15) is 20.5 Å². The lowest BCUT2D eigenvalue weighted by atomic mass is 10.1. The number of azo groups is 2. The summed E-state index contributed by atoms with van der Waals surface area (Å²) in [5.74, 6) is -3.10. The van der Waals surface area contributed by atoms with E-state index in [0.29, 0.717) is 28.7 Å². The van der Waals surface area contributed by atoms with E-state index in [9.17, 15) is 28.8 Å². The molecule has 4 N–H and O–H groups in total. The number of halogens is 5. The van der Waals surface area contributed by atoms with E-state index in [1.807, 2.05) is 0 Å². The van der Waals surface area contributed by atoms with Crippen LogP contribution in [0.2, 0.25) is 10.0 Å². The number of nitrogens with one attached hydrogen (secondary N) is 4. The fourth-order valence-electron chi connectivity index (χ4n) is 5.61. The van der Waals surface area contributed by atoms with Crippen molar-refractivity contribution in [2.75, 3.05) is 27.1 Å². The Kier molecular flexibility index (Phi) is 17.4. The zero-order chi connectivity index (χ0) is 45.6. The third-order valence-electron chi connectivity index (χ3n) is 8.97. The quantitative estimate of drug-likeness (QED) is 0.0382. The average molecular weight is 951 g/mol. The lowest BCUT2D eigenvalue weighted by molar-refractivity contribution is -0.127. The summed E-state index contributed by atoms with van der Waals surface area (Å²) >= 11 is 30.4. The zero-order valence-electron chi connectivity index (χ0n) is 33.4. The summed E-state index contributed by atoms with van der Waals surface area (Å²) < 4.78 is 0. The maximum Gasteiger partial charge on any atom is 0.258 e. The molecule has 4 amide bonds. The molecule has 2 atom stereocenters. The summed E-state index contributed by atoms with van der Waals surface area (Å²) in [6.45, 7) is 2.33. The molecule has 19 heteroatoms. The van der Waals surface area contributed by atoms with Gasteiger partial charge in [0.05, 0.1) is 10.0 Å². The van der Waals surface area contributed by atoms with Crippen LogP contribution in [0.3, 0.4) is 0 Å². The summed E-state index contributed by atoms with van der Waals surface area (Å²) in [6, 6.07) is 23.8. The van der Waals surface area contributed by atoms with Crippen LogP contribution in [0.1, 0.15) is 51.3 Å². The zero-order valence-corrected chi connectivity index (χ0v) is 37.2. The molecule has 0 heterocycles. The van der Waals surface area contributed by atoms with Crippen molar-refractivity contribution in [1.82, 2.24) is 0 Å². The van der Waals surface area contributed by atoms with Crippen LogP contribution in [0.15, 0.2) is 124 Å². The first kappa shape index (κ1) is 48.0. The molecule has 5 rings (SSSR count). The summed E-state index contributed by atoms with van der Waals surface area (Å²) in [6.07, 6.45) is 0.214. The van der Waals surface area contributed by atoms with Gasteiger partial charge < -0.3 is 21.3 Å². The Bertz CT molecular complexity index is 2590. The number of anilines is 4. The van der Waals surface area contributed by atoms with Crippen LogP contribution in [0, 0.1) is 0 Å². The van der Waals surface area contributed by atoms with Gasteiger partial charge in [0.15, 0.2) is 11.6 Å². The highest BCUT2D eigenvalue weighted by molar-refractivity contribution is 6.33. The summed E-state index contributed by atoms with van der Waals surface area (Å²) in [5.41, 5.74) is 4.24. The minimum atomic E-state index is -1.61. The molecule has 324 valence electrons. The Morgan fingerprint density at radius 3 is 1.37 bits per heavy atom. The van der Waals surface area contributed by atoms with Gasteiger partial charge in [-0.3, -0.25) is 28.8 Å². The number of nitrogens with zero attached hydrogens (tertiary/aromatic N) is 4. The van der Waals surface area contributed by atoms with Crippen molar-refractivity contribution in [1.29, 1.82) is 0 Å². The van der Waals surface area contributed by atoms with E-state index >= 15 is 0 Å². The summed E-state index contributed by atoms with van der Waals surface area (Å²) in [5, 5.41) is 27.1. The number of carbonyl (C=O) groups excluding carboxylic acids is 6. The first-order valence-electron chi connectivity index (χ1n) is 18.8. The van der Waals surface area contributed by atoms with Crippen LogP contribution < -0.4 is 21.3 Å². The molecule has 0 fully saturated rings. The largest absolute Gasteiger partial charge is 0.324 e. The van der Waals surface area contributed by atoms with Crippen LogP contribution in [0.4, 0.5) is 34.1 Å². The van der Waals surface area contributed by atoms with Crippen LogP contribution in [-0.2, 0) is 37.4 Å². The molecular weight excluding hydrogens is 914 g/mol. The number of rotatable bonds is 18. The second-order valence-corrected chi connectivity index (χ2v) is 15.4. The van der Waals surface area contributed by atoms with Crippen molar-refractivity contribution >= 4 is 127 Å². The van der Waals surface area contributed by atoms with Gasteiger partial charge in [0.1, 0.15) is 11.4 Å². The average Bonchev–Trinajstić information content (AvgIpc) is 3.26. The molecule has 14 nitrogen and oxygen atoms in total. The van der Waals surface area contributed by atoms with E-state index in [0.717, 1.165) is 25.0 Å². The number of carbonyl (C=O) groups is 6. The van der Waals surface area contributed by atoms with E-state index in [1.54, 1.807) is 48.5 Å². The van der Waals surface area contributed by atoms with Crippen molar-refractivity contribution in [2.24, 2.45) is 20.5 Å². The first-order valence-corrected chi connectivity index (χ1v) is 21.2. The van der Waals surface area contributed by atoms with Gasteiger partial charge in [0, 0.05) is 51.5 Å². The predicted molar refractivity (Wildman–Crippen MR) is 247 cm³/mol. The topological polar surface area (TPSA) is 200 Å². The van der Waals surface area contributed by atoms with E-state index in [1.165, 1.54) is 54.6 Å². The van der Waals surface area contributed by atoms with E-state index in [-0.39, 0.29) is 56.2 Å². The number of alkyl halides is 3.